The van der Waals surface area contributed by atoms with Crippen LogP contribution in [-0.2, 0) is 11.3 Å². The van der Waals surface area contributed by atoms with Crippen LogP contribution in [0.15, 0.2) is 84.9 Å². The molecule has 1 amide bonds. The van der Waals surface area contributed by atoms with Crippen molar-refractivity contribution in [2.75, 3.05) is 11.9 Å². The van der Waals surface area contributed by atoms with Gasteiger partial charge in [0.15, 0.2) is 11.6 Å². The Morgan fingerprint density at radius 3 is 2.17 bits per heavy atom. The van der Waals surface area contributed by atoms with Gasteiger partial charge in [-0.1, -0.05) is 60.7 Å². The van der Waals surface area contributed by atoms with Gasteiger partial charge >= 0.3 is 0 Å². The van der Waals surface area contributed by atoms with E-state index in [1.165, 1.54) is 0 Å². The Bertz CT molecular complexity index is 1110. The Balaban J connectivity index is 1.57. The van der Waals surface area contributed by atoms with E-state index in [4.69, 9.17) is 9.72 Å². The van der Waals surface area contributed by atoms with Crippen molar-refractivity contribution in [3.63, 3.8) is 0 Å². The number of carbonyl (C=O) groups excluding carboxylic acids is 1. The van der Waals surface area contributed by atoms with Crippen LogP contribution in [0.25, 0.3) is 22.8 Å². The van der Waals surface area contributed by atoms with Crippen LogP contribution in [0.3, 0.4) is 0 Å². The van der Waals surface area contributed by atoms with Gasteiger partial charge in [0.1, 0.15) is 12.3 Å². The molecule has 4 rings (SSSR count). The maximum Gasteiger partial charge on any atom is 0.246 e. The predicted octanol–water partition coefficient (Wildman–Crippen LogP) is 4.65. The summed E-state index contributed by atoms with van der Waals surface area (Å²) in [6, 6.07) is 26.8. The molecule has 150 valence electrons. The maximum absolute atomic E-state index is 12.7. The molecule has 0 fully saturated rings. The normalized spacial score (nSPS) is 10.6. The molecule has 0 saturated heterocycles. The number of hydrogen-bond donors (Lipinski definition) is 1. The highest BCUT2D eigenvalue weighted by atomic mass is 16.5. The van der Waals surface area contributed by atoms with E-state index >= 15 is 0 Å². The molecule has 0 aliphatic rings. The molecule has 0 aliphatic carbocycles. The van der Waals surface area contributed by atoms with Crippen molar-refractivity contribution in [2.45, 2.75) is 13.5 Å². The van der Waals surface area contributed by atoms with E-state index < -0.39 is 0 Å². The number of ether oxygens (including phenoxy) is 1. The van der Waals surface area contributed by atoms with E-state index in [0.717, 1.165) is 16.9 Å². The number of anilines is 1. The monoisotopic (exact) mass is 398 g/mol. The molecule has 0 radical (unpaired) electrons. The van der Waals surface area contributed by atoms with E-state index in [-0.39, 0.29) is 12.5 Å². The molecular formula is C24H22N4O2. The Labute approximate surface area is 175 Å². The number of hydrogen-bond acceptors (Lipinski definition) is 4. The third-order valence-corrected chi connectivity index (χ3v) is 4.48. The fourth-order valence-corrected chi connectivity index (χ4v) is 3.10. The summed E-state index contributed by atoms with van der Waals surface area (Å²) in [5.74, 6) is 1.83. The lowest BCUT2D eigenvalue weighted by atomic mass is 10.2. The average Bonchev–Trinajstić information content (AvgIpc) is 3.20. The van der Waals surface area contributed by atoms with Crippen LogP contribution in [0.1, 0.15) is 6.92 Å². The SMILES string of the molecule is CCOc1ccc(NC(=O)Cn2nc(-c3ccccc3)nc2-c2ccccc2)cc1. The second-order valence-corrected chi connectivity index (χ2v) is 6.65. The van der Waals surface area contributed by atoms with Crippen LogP contribution < -0.4 is 10.1 Å². The van der Waals surface area contributed by atoms with E-state index in [9.17, 15) is 4.79 Å². The molecule has 0 unspecified atom stereocenters. The largest absolute Gasteiger partial charge is 0.494 e. The van der Waals surface area contributed by atoms with Gasteiger partial charge < -0.3 is 10.1 Å². The highest BCUT2D eigenvalue weighted by Crippen LogP contribution is 2.22. The van der Waals surface area contributed by atoms with Gasteiger partial charge in [-0.25, -0.2) is 9.67 Å². The van der Waals surface area contributed by atoms with Crippen molar-refractivity contribution in [3.8, 4) is 28.5 Å². The Hall–Kier alpha value is -3.93. The molecule has 1 N–H and O–H groups in total. The van der Waals surface area contributed by atoms with Crippen LogP contribution in [-0.4, -0.2) is 27.3 Å². The second kappa shape index (κ2) is 9.05. The molecule has 0 saturated carbocycles. The highest BCUT2D eigenvalue weighted by molar-refractivity contribution is 5.90. The summed E-state index contributed by atoms with van der Waals surface area (Å²) in [6.07, 6.45) is 0. The van der Waals surface area contributed by atoms with Crippen molar-refractivity contribution in [3.05, 3.63) is 84.9 Å². The minimum atomic E-state index is -0.180. The van der Waals surface area contributed by atoms with Gasteiger partial charge in [-0.3, -0.25) is 4.79 Å². The first kappa shape index (κ1) is 19.4. The fraction of sp³-hybridized carbons (Fsp3) is 0.125. The molecule has 4 aromatic rings. The smallest absolute Gasteiger partial charge is 0.246 e. The maximum atomic E-state index is 12.7. The highest BCUT2D eigenvalue weighted by Gasteiger charge is 2.16. The number of carbonyl (C=O) groups is 1. The molecule has 1 aromatic heterocycles. The molecule has 6 nitrogen and oxygen atoms in total. The number of nitrogens with one attached hydrogen (secondary N) is 1. The first-order valence-electron chi connectivity index (χ1n) is 9.81. The number of benzene rings is 3. The molecule has 0 atom stereocenters. The van der Waals surface area contributed by atoms with Gasteiger partial charge in [-0.2, -0.15) is 0 Å². The lowest BCUT2D eigenvalue weighted by molar-refractivity contribution is -0.116. The van der Waals surface area contributed by atoms with Crippen molar-refractivity contribution < 1.29 is 9.53 Å². The van der Waals surface area contributed by atoms with Crippen LogP contribution in [0.4, 0.5) is 5.69 Å². The van der Waals surface area contributed by atoms with Gasteiger partial charge in [0, 0.05) is 16.8 Å². The van der Waals surface area contributed by atoms with Gasteiger partial charge in [0.05, 0.1) is 6.61 Å². The lowest BCUT2D eigenvalue weighted by Gasteiger charge is -2.08. The summed E-state index contributed by atoms with van der Waals surface area (Å²) in [5.41, 5.74) is 2.51. The minimum Gasteiger partial charge on any atom is -0.494 e. The van der Waals surface area contributed by atoms with E-state index in [0.29, 0.717) is 23.9 Å². The Kier molecular flexibility index (Phi) is 5.85. The fourth-order valence-electron chi connectivity index (χ4n) is 3.10. The molecule has 0 aliphatic heterocycles. The van der Waals surface area contributed by atoms with Crippen LogP contribution >= 0.6 is 0 Å². The van der Waals surface area contributed by atoms with E-state index in [1.807, 2.05) is 91.9 Å². The number of nitrogens with zero attached hydrogens (tertiary/aromatic N) is 3. The van der Waals surface area contributed by atoms with Crippen molar-refractivity contribution >= 4 is 11.6 Å². The zero-order chi connectivity index (χ0) is 20.8. The first-order valence-corrected chi connectivity index (χ1v) is 9.81. The van der Waals surface area contributed by atoms with Gasteiger partial charge in [0.2, 0.25) is 5.91 Å². The summed E-state index contributed by atoms with van der Waals surface area (Å²) in [6.45, 7) is 2.59. The molecule has 1 heterocycles. The summed E-state index contributed by atoms with van der Waals surface area (Å²) in [5, 5.41) is 7.51. The zero-order valence-corrected chi connectivity index (χ0v) is 16.7. The number of rotatable bonds is 7. The van der Waals surface area contributed by atoms with Crippen LogP contribution in [0, 0.1) is 0 Å². The second-order valence-electron chi connectivity index (χ2n) is 6.65. The van der Waals surface area contributed by atoms with Crippen LogP contribution in [0.2, 0.25) is 0 Å². The summed E-state index contributed by atoms with van der Waals surface area (Å²) >= 11 is 0. The summed E-state index contributed by atoms with van der Waals surface area (Å²) in [4.78, 5) is 17.4. The first-order chi connectivity index (χ1) is 14.7. The number of amides is 1. The topological polar surface area (TPSA) is 69.0 Å². The molecular weight excluding hydrogens is 376 g/mol. The van der Waals surface area contributed by atoms with E-state index in [1.54, 1.807) is 4.68 Å². The number of aromatic nitrogens is 3. The third-order valence-electron chi connectivity index (χ3n) is 4.48. The quantitative estimate of drug-likeness (QED) is 0.492. The zero-order valence-electron chi connectivity index (χ0n) is 16.7. The standard InChI is InChI=1S/C24H22N4O2/c1-2-30-21-15-13-20(14-16-21)25-22(29)17-28-24(19-11-7-4-8-12-19)26-23(27-28)18-9-5-3-6-10-18/h3-16H,2,17H2,1H3,(H,25,29). The lowest BCUT2D eigenvalue weighted by Crippen LogP contribution is -2.20. The van der Waals surface area contributed by atoms with Crippen molar-refractivity contribution in [1.29, 1.82) is 0 Å². The molecule has 0 spiro atoms. The van der Waals surface area contributed by atoms with Crippen molar-refractivity contribution in [1.82, 2.24) is 14.8 Å². The molecule has 6 heteroatoms. The van der Waals surface area contributed by atoms with Crippen molar-refractivity contribution in [2.24, 2.45) is 0 Å². The molecule has 30 heavy (non-hydrogen) atoms. The summed E-state index contributed by atoms with van der Waals surface area (Å²) in [7, 11) is 0. The Morgan fingerprint density at radius 2 is 1.53 bits per heavy atom. The minimum absolute atomic E-state index is 0.0528. The van der Waals surface area contributed by atoms with Gasteiger partial charge in [-0.15, -0.1) is 5.10 Å². The summed E-state index contributed by atoms with van der Waals surface area (Å²) < 4.78 is 7.08. The average molecular weight is 398 g/mol. The van der Waals surface area contributed by atoms with E-state index in [2.05, 4.69) is 10.4 Å². The Morgan fingerprint density at radius 1 is 0.900 bits per heavy atom. The van der Waals surface area contributed by atoms with Gasteiger partial charge in [-0.05, 0) is 31.2 Å². The predicted molar refractivity (Wildman–Crippen MR) is 117 cm³/mol. The third kappa shape index (κ3) is 4.55. The van der Waals surface area contributed by atoms with Gasteiger partial charge in [0.25, 0.3) is 0 Å². The molecule has 0 bridgehead atoms. The molecule has 3 aromatic carbocycles. The van der Waals surface area contributed by atoms with Crippen LogP contribution in [0.5, 0.6) is 5.75 Å².